The molecule has 3 aromatic rings. The van der Waals surface area contributed by atoms with Crippen LogP contribution in [0.3, 0.4) is 0 Å². The Morgan fingerprint density at radius 2 is 1.89 bits per heavy atom. The standard InChI is InChI=1S/C27H26ClNO6/c1-27(2,3)16-8-10-21(34-4)18(13-16)24(31)22-23(15-7-9-20(30)19(28)12-15)29(26(33)25(22)32)14-17-6-5-11-35-17/h5-13,23,30-31H,14H2,1-4H3/b24-22+. The van der Waals surface area contributed by atoms with Crippen LogP contribution in [0.2, 0.25) is 5.02 Å². The largest absolute Gasteiger partial charge is 0.507 e. The van der Waals surface area contributed by atoms with E-state index in [4.69, 9.17) is 20.8 Å². The lowest BCUT2D eigenvalue weighted by Gasteiger charge is -2.25. The number of aromatic hydroxyl groups is 1. The number of benzene rings is 2. The maximum Gasteiger partial charge on any atom is 0.296 e. The molecule has 1 aliphatic rings. The summed E-state index contributed by atoms with van der Waals surface area (Å²) in [4.78, 5) is 27.8. The number of rotatable bonds is 5. The lowest BCUT2D eigenvalue weighted by atomic mass is 9.85. The molecule has 1 amide bonds. The van der Waals surface area contributed by atoms with Gasteiger partial charge in [0.1, 0.15) is 23.0 Å². The number of furan rings is 1. The molecule has 1 saturated heterocycles. The summed E-state index contributed by atoms with van der Waals surface area (Å²) >= 11 is 6.16. The van der Waals surface area contributed by atoms with E-state index < -0.39 is 17.7 Å². The van der Waals surface area contributed by atoms with Crippen molar-refractivity contribution < 1.29 is 29.0 Å². The normalized spacial score (nSPS) is 17.7. The molecule has 35 heavy (non-hydrogen) atoms. The maximum atomic E-state index is 13.3. The topological polar surface area (TPSA) is 100 Å². The average Bonchev–Trinajstić information content (AvgIpc) is 3.42. The van der Waals surface area contributed by atoms with Crippen molar-refractivity contribution in [3.05, 3.63) is 87.8 Å². The number of likely N-dealkylation sites (tertiary alicyclic amines) is 1. The fraction of sp³-hybridized carbons (Fsp3) is 0.259. The van der Waals surface area contributed by atoms with E-state index in [2.05, 4.69) is 0 Å². The number of hydrogen-bond donors (Lipinski definition) is 2. The number of amides is 1. The van der Waals surface area contributed by atoms with Gasteiger partial charge in [-0.25, -0.2) is 0 Å². The number of aliphatic hydroxyl groups excluding tert-OH is 1. The van der Waals surface area contributed by atoms with Crippen LogP contribution in [0, 0.1) is 0 Å². The average molecular weight is 496 g/mol. The molecule has 0 bridgehead atoms. The van der Waals surface area contributed by atoms with Crippen LogP contribution in [-0.4, -0.2) is 33.9 Å². The van der Waals surface area contributed by atoms with Crippen LogP contribution in [0.5, 0.6) is 11.5 Å². The van der Waals surface area contributed by atoms with Crippen molar-refractivity contribution in [3.8, 4) is 11.5 Å². The molecule has 1 fully saturated rings. The monoisotopic (exact) mass is 495 g/mol. The summed E-state index contributed by atoms with van der Waals surface area (Å²) in [6, 6.07) is 12.2. The van der Waals surface area contributed by atoms with Crippen molar-refractivity contribution >= 4 is 29.1 Å². The van der Waals surface area contributed by atoms with E-state index in [1.165, 1.54) is 30.4 Å². The summed E-state index contributed by atoms with van der Waals surface area (Å²) < 4.78 is 10.9. The van der Waals surface area contributed by atoms with E-state index in [9.17, 15) is 19.8 Å². The number of carbonyl (C=O) groups excluding carboxylic acids is 2. The molecule has 8 heteroatoms. The Kier molecular flexibility index (Phi) is 6.38. The molecule has 2 N–H and O–H groups in total. The highest BCUT2D eigenvalue weighted by Gasteiger charge is 2.47. The molecule has 0 aliphatic carbocycles. The number of phenolic OH excluding ortho intramolecular Hbond substituents is 1. The molecular formula is C27H26ClNO6. The molecule has 1 aliphatic heterocycles. The van der Waals surface area contributed by atoms with Crippen LogP contribution in [0.25, 0.3) is 5.76 Å². The Balaban J connectivity index is 1.95. The molecule has 1 atom stereocenters. The van der Waals surface area contributed by atoms with Gasteiger partial charge in [0, 0.05) is 0 Å². The number of halogens is 1. The molecule has 2 aromatic carbocycles. The summed E-state index contributed by atoms with van der Waals surface area (Å²) in [5.74, 6) is -1.31. The van der Waals surface area contributed by atoms with Crippen molar-refractivity contribution in [2.45, 2.75) is 38.8 Å². The summed E-state index contributed by atoms with van der Waals surface area (Å²) in [6.07, 6.45) is 1.47. The van der Waals surface area contributed by atoms with Gasteiger partial charge >= 0.3 is 0 Å². The zero-order valence-electron chi connectivity index (χ0n) is 19.8. The third-order valence-electron chi connectivity index (χ3n) is 6.05. The highest BCUT2D eigenvalue weighted by Crippen LogP contribution is 2.43. The van der Waals surface area contributed by atoms with E-state index in [1.54, 1.807) is 30.3 Å². The Labute approximate surface area is 208 Å². The van der Waals surface area contributed by atoms with Crippen molar-refractivity contribution in [1.29, 1.82) is 0 Å². The number of aliphatic hydroxyl groups is 1. The van der Waals surface area contributed by atoms with Gasteiger partial charge in [0.25, 0.3) is 11.7 Å². The quantitative estimate of drug-likeness (QED) is 0.273. The van der Waals surface area contributed by atoms with E-state index in [1.807, 2.05) is 26.8 Å². The van der Waals surface area contributed by atoms with Crippen LogP contribution in [0.15, 0.2) is 64.8 Å². The van der Waals surface area contributed by atoms with Crippen molar-refractivity contribution in [2.75, 3.05) is 7.11 Å². The number of carbonyl (C=O) groups is 2. The smallest absolute Gasteiger partial charge is 0.296 e. The first kappa shape index (κ1) is 24.4. The van der Waals surface area contributed by atoms with Gasteiger partial charge in [-0.3, -0.25) is 9.59 Å². The van der Waals surface area contributed by atoms with Gasteiger partial charge in [-0.1, -0.05) is 44.5 Å². The fourth-order valence-electron chi connectivity index (χ4n) is 4.16. The molecule has 2 heterocycles. The zero-order chi connectivity index (χ0) is 25.5. The predicted octanol–water partition coefficient (Wildman–Crippen LogP) is 5.57. The minimum Gasteiger partial charge on any atom is -0.507 e. The van der Waals surface area contributed by atoms with Crippen molar-refractivity contribution in [1.82, 2.24) is 4.90 Å². The first-order valence-corrected chi connectivity index (χ1v) is 11.4. The maximum absolute atomic E-state index is 13.3. The van der Waals surface area contributed by atoms with E-state index in [0.717, 1.165) is 5.56 Å². The Morgan fingerprint density at radius 3 is 2.49 bits per heavy atom. The van der Waals surface area contributed by atoms with Gasteiger partial charge in [-0.2, -0.15) is 0 Å². The predicted molar refractivity (Wildman–Crippen MR) is 131 cm³/mol. The number of nitrogens with zero attached hydrogens (tertiary/aromatic N) is 1. The number of Topliss-reactive ketones (excluding diaryl/α,β-unsaturated/α-hetero) is 1. The number of methoxy groups -OCH3 is 1. The van der Waals surface area contributed by atoms with Crippen LogP contribution in [0.4, 0.5) is 0 Å². The molecule has 7 nitrogen and oxygen atoms in total. The molecular weight excluding hydrogens is 470 g/mol. The number of ketones is 1. The summed E-state index contributed by atoms with van der Waals surface area (Å²) in [6.45, 7) is 6.08. The number of ether oxygens (including phenoxy) is 1. The summed E-state index contributed by atoms with van der Waals surface area (Å²) in [5.41, 5.74) is 1.31. The van der Waals surface area contributed by atoms with Crippen molar-refractivity contribution in [3.63, 3.8) is 0 Å². The molecule has 0 radical (unpaired) electrons. The first-order valence-electron chi connectivity index (χ1n) is 11.0. The fourth-order valence-corrected chi connectivity index (χ4v) is 4.35. The summed E-state index contributed by atoms with van der Waals surface area (Å²) in [5, 5.41) is 21.5. The van der Waals surface area contributed by atoms with E-state index in [0.29, 0.717) is 22.6 Å². The van der Waals surface area contributed by atoms with Crippen LogP contribution < -0.4 is 4.74 Å². The Morgan fingerprint density at radius 1 is 1.14 bits per heavy atom. The molecule has 182 valence electrons. The van der Waals surface area contributed by atoms with E-state index >= 15 is 0 Å². The second-order valence-corrected chi connectivity index (χ2v) is 9.79. The van der Waals surface area contributed by atoms with Gasteiger partial charge in [-0.15, -0.1) is 0 Å². The Hall–Kier alpha value is -3.71. The third-order valence-corrected chi connectivity index (χ3v) is 6.36. The highest BCUT2D eigenvalue weighted by molar-refractivity contribution is 6.46. The van der Waals surface area contributed by atoms with Crippen LogP contribution >= 0.6 is 11.6 Å². The molecule has 1 aromatic heterocycles. The van der Waals surface area contributed by atoms with Gasteiger partial charge in [0.15, 0.2) is 0 Å². The number of hydrogen-bond acceptors (Lipinski definition) is 6. The number of phenols is 1. The van der Waals surface area contributed by atoms with E-state index in [-0.39, 0.29) is 34.1 Å². The molecule has 0 spiro atoms. The zero-order valence-corrected chi connectivity index (χ0v) is 20.6. The third kappa shape index (κ3) is 4.51. The van der Waals surface area contributed by atoms with Crippen LogP contribution in [0.1, 0.15) is 49.3 Å². The lowest BCUT2D eigenvalue weighted by Crippen LogP contribution is -2.29. The van der Waals surface area contributed by atoms with Gasteiger partial charge in [0.2, 0.25) is 0 Å². The second-order valence-electron chi connectivity index (χ2n) is 9.38. The van der Waals surface area contributed by atoms with Gasteiger partial charge in [-0.05, 0) is 52.9 Å². The lowest BCUT2D eigenvalue weighted by molar-refractivity contribution is -0.140. The minimum absolute atomic E-state index is 0.00329. The van der Waals surface area contributed by atoms with Gasteiger partial charge < -0.3 is 24.3 Å². The van der Waals surface area contributed by atoms with Crippen LogP contribution in [-0.2, 0) is 21.5 Å². The van der Waals surface area contributed by atoms with Gasteiger partial charge in [0.05, 0.1) is 42.1 Å². The molecule has 4 rings (SSSR count). The summed E-state index contributed by atoms with van der Waals surface area (Å²) in [7, 11) is 1.47. The SMILES string of the molecule is COc1ccc(C(C)(C)C)cc1/C(O)=C1\C(=O)C(=O)N(Cc2ccco2)C1c1ccc(O)c(Cl)c1. The van der Waals surface area contributed by atoms with Crippen molar-refractivity contribution in [2.24, 2.45) is 0 Å². The molecule has 0 saturated carbocycles. The second kappa shape index (κ2) is 9.15. The highest BCUT2D eigenvalue weighted by atomic mass is 35.5. The first-order chi connectivity index (χ1) is 16.5. The Bertz CT molecular complexity index is 1320. The minimum atomic E-state index is -0.971. The molecule has 1 unspecified atom stereocenters.